The molecule has 0 amide bonds. The Morgan fingerprint density at radius 2 is 2.31 bits per heavy atom. The van der Waals surface area contributed by atoms with E-state index in [-0.39, 0.29) is 6.10 Å². The van der Waals surface area contributed by atoms with E-state index in [4.69, 9.17) is 10.5 Å². The number of ether oxygens (including phenoxy) is 1. The van der Waals surface area contributed by atoms with Crippen molar-refractivity contribution in [3.8, 4) is 0 Å². The highest BCUT2D eigenvalue weighted by atomic mass is 79.9. The predicted molar refractivity (Wildman–Crippen MR) is 67.3 cm³/mol. The third kappa shape index (κ3) is 1.98. The lowest BCUT2D eigenvalue weighted by Gasteiger charge is -2.08. The molecule has 1 aromatic carbocycles. The SMILES string of the molecule is COC(CN)c1nc2c(C)cc(Br)cc2[nH]1. The standard InChI is InChI=1S/C11H14BrN3O/c1-6-3-7(12)4-8-10(6)15-11(14-8)9(5-13)16-2/h3-4,9H,5,13H2,1-2H3,(H,14,15). The number of aromatic nitrogens is 2. The second kappa shape index (κ2) is 4.53. The van der Waals surface area contributed by atoms with Crippen molar-refractivity contribution in [2.75, 3.05) is 13.7 Å². The van der Waals surface area contributed by atoms with Gasteiger partial charge in [0.05, 0.1) is 11.0 Å². The van der Waals surface area contributed by atoms with Gasteiger partial charge in [-0.3, -0.25) is 0 Å². The third-order valence-corrected chi connectivity index (χ3v) is 3.02. The van der Waals surface area contributed by atoms with Crippen LogP contribution in [-0.2, 0) is 4.74 Å². The van der Waals surface area contributed by atoms with Gasteiger partial charge in [0.25, 0.3) is 0 Å². The van der Waals surface area contributed by atoms with Crippen molar-refractivity contribution in [2.24, 2.45) is 5.73 Å². The van der Waals surface area contributed by atoms with Crippen LogP contribution >= 0.6 is 15.9 Å². The van der Waals surface area contributed by atoms with Crippen molar-refractivity contribution >= 4 is 27.0 Å². The van der Waals surface area contributed by atoms with Crippen LogP contribution in [0.15, 0.2) is 16.6 Å². The first-order valence-corrected chi connectivity index (χ1v) is 5.83. The lowest BCUT2D eigenvalue weighted by molar-refractivity contribution is 0.104. The largest absolute Gasteiger partial charge is 0.372 e. The summed E-state index contributed by atoms with van der Waals surface area (Å²) < 4.78 is 6.29. The molecule has 4 nitrogen and oxygen atoms in total. The zero-order valence-electron chi connectivity index (χ0n) is 9.25. The monoisotopic (exact) mass is 283 g/mol. The average Bonchev–Trinajstić information content (AvgIpc) is 2.63. The number of rotatable bonds is 3. The Morgan fingerprint density at radius 3 is 2.94 bits per heavy atom. The molecule has 1 unspecified atom stereocenters. The van der Waals surface area contributed by atoms with Gasteiger partial charge in [0.2, 0.25) is 0 Å². The fourth-order valence-electron chi connectivity index (χ4n) is 1.74. The molecule has 16 heavy (non-hydrogen) atoms. The van der Waals surface area contributed by atoms with E-state index in [0.717, 1.165) is 26.9 Å². The fourth-order valence-corrected chi connectivity index (χ4v) is 2.31. The number of nitrogens with two attached hydrogens (primary N) is 1. The molecule has 0 saturated heterocycles. The highest BCUT2D eigenvalue weighted by Gasteiger charge is 2.14. The van der Waals surface area contributed by atoms with E-state index >= 15 is 0 Å². The van der Waals surface area contributed by atoms with Crippen molar-refractivity contribution in [3.63, 3.8) is 0 Å². The quantitative estimate of drug-likeness (QED) is 0.908. The smallest absolute Gasteiger partial charge is 0.137 e. The highest BCUT2D eigenvalue weighted by Crippen LogP contribution is 2.24. The van der Waals surface area contributed by atoms with Gasteiger partial charge in [-0.2, -0.15) is 0 Å². The fraction of sp³-hybridized carbons (Fsp3) is 0.364. The Bertz CT molecular complexity index is 505. The number of fused-ring (bicyclic) bond motifs is 1. The van der Waals surface area contributed by atoms with Gasteiger partial charge in [-0.15, -0.1) is 0 Å². The summed E-state index contributed by atoms with van der Waals surface area (Å²) >= 11 is 3.46. The van der Waals surface area contributed by atoms with E-state index in [2.05, 4.69) is 25.9 Å². The van der Waals surface area contributed by atoms with Crippen LogP contribution in [-0.4, -0.2) is 23.6 Å². The minimum atomic E-state index is -0.175. The summed E-state index contributed by atoms with van der Waals surface area (Å²) in [5, 5.41) is 0. The number of nitrogens with one attached hydrogen (secondary N) is 1. The normalized spacial score (nSPS) is 13.2. The van der Waals surface area contributed by atoms with Crippen LogP contribution in [0.2, 0.25) is 0 Å². The molecule has 0 aliphatic rings. The van der Waals surface area contributed by atoms with E-state index in [1.807, 2.05) is 19.1 Å². The first kappa shape index (κ1) is 11.6. The van der Waals surface area contributed by atoms with Gasteiger partial charge in [-0.1, -0.05) is 15.9 Å². The number of methoxy groups -OCH3 is 1. The molecule has 86 valence electrons. The molecule has 2 aromatic rings. The molecule has 1 heterocycles. The number of hydrogen-bond acceptors (Lipinski definition) is 3. The van der Waals surface area contributed by atoms with Crippen LogP contribution in [0.1, 0.15) is 17.5 Å². The first-order valence-electron chi connectivity index (χ1n) is 5.04. The molecule has 1 aromatic heterocycles. The number of nitrogens with zero attached hydrogens (tertiary/aromatic N) is 1. The molecule has 1 atom stereocenters. The van der Waals surface area contributed by atoms with Crippen LogP contribution in [0, 0.1) is 6.92 Å². The molecule has 0 radical (unpaired) electrons. The maximum absolute atomic E-state index is 5.61. The van der Waals surface area contributed by atoms with Gasteiger partial charge < -0.3 is 15.5 Å². The van der Waals surface area contributed by atoms with E-state index in [1.54, 1.807) is 7.11 Å². The Morgan fingerprint density at radius 1 is 1.56 bits per heavy atom. The van der Waals surface area contributed by atoms with Crippen LogP contribution in [0.25, 0.3) is 11.0 Å². The van der Waals surface area contributed by atoms with E-state index in [9.17, 15) is 0 Å². The predicted octanol–water partition coefficient (Wildman–Crippen LogP) is 2.28. The van der Waals surface area contributed by atoms with Crippen molar-refractivity contribution in [1.82, 2.24) is 9.97 Å². The summed E-state index contributed by atoms with van der Waals surface area (Å²) in [5.41, 5.74) is 8.70. The number of halogens is 1. The third-order valence-electron chi connectivity index (χ3n) is 2.56. The maximum atomic E-state index is 5.61. The average molecular weight is 284 g/mol. The van der Waals surface area contributed by atoms with Gasteiger partial charge in [0.15, 0.2) is 0 Å². The maximum Gasteiger partial charge on any atom is 0.137 e. The Balaban J connectivity index is 2.55. The van der Waals surface area contributed by atoms with E-state index < -0.39 is 0 Å². The van der Waals surface area contributed by atoms with Crippen LogP contribution in [0.4, 0.5) is 0 Å². The van der Waals surface area contributed by atoms with Gasteiger partial charge in [0.1, 0.15) is 11.9 Å². The first-order chi connectivity index (χ1) is 7.65. The lowest BCUT2D eigenvalue weighted by Crippen LogP contribution is -2.15. The minimum absolute atomic E-state index is 0.175. The lowest BCUT2D eigenvalue weighted by atomic mass is 10.2. The van der Waals surface area contributed by atoms with Gasteiger partial charge in [0, 0.05) is 18.1 Å². The van der Waals surface area contributed by atoms with E-state index in [0.29, 0.717) is 6.54 Å². The van der Waals surface area contributed by atoms with Gasteiger partial charge in [-0.05, 0) is 24.6 Å². The highest BCUT2D eigenvalue weighted by molar-refractivity contribution is 9.10. The summed E-state index contributed by atoms with van der Waals surface area (Å²) in [5.74, 6) is 0.779. The van der Waals surface area contributed by atoms with Crippen molar-refractivity contribution in [2.45, 2.75) is 13.0 Å². The number of aromatic amines is 1. The van der Waals surface area contributed by atoms with Crippen molar-refractivity contribution in [1.29, 1.82) is 0 Å². The number of benzene rings is 1. The summed E-state index contributed by atoms with van der Waals surface area (Å²) in [7, 11) is 1.63. The molecule has 0 bridgehead atoms. The zero-order valence-corrected chi connectivity index (χ0v) is 10.8. The zero-order chi connectivity index (χ0) is 11.7. The summed E-state index contributed by atoms with van der Waals surface area (Å²) in [6, 6.07) is 4.04. The van der Waals surface area contributed by atoms with Crippen molar-refractivity contribution in [3.05, 3.63) is 28.0 Å². The molecule has 3 N–H and O–H groups in total. The van der Waals surface area contributed by atoms with Crippen LogP contribution < -0.4 is 5.73 Å². The number of imidazole rings is 1. The van der Waals surface area contributed by atoms with Gasteiger partial charge in [-0.25, -0.2) is 4.98 Å². The van der Waals surface area contributed by atoms with Crippen molar-refractivity contribution < 1.29 is 4.74 Å². The topological polar surface area (TPSA) is 63.9 Å². The second-order valence-electron chi connectivity index (χ2n) is 3.70. The number of hydrogen-bond donors (Lipinski definition) is 2. The molecule has 0 aliphatic carbocycles. The summed E-state index contributed by atoms with van der Waals surface area (Å²) in [6.45, 7) is 2.44. The van der Waals surface area contributed by atoms with E-state index in [1.165, 1.54) is 0 Å². The molecule has 0 spiro atoms. The summed E-state index contributed by atoms with van der Waals surface area (Å²) in [6.07, 6.45) is -0.175. The number of aryl methyl sites for hydroxylation is 1. The summed E-state index contributed by atoms with van der Waals surface area (Å²) in [4.78, 5) is 7.75. The second-order valence-corrected chi connectivity index (χ2v) is 4.62. The number of H-pyrrole nitrogens is 1. The molecule has 0 fully saturated rings. The molecule has 2 rings (SSSR count). The van der Waals surface area contributed by atoms with Gasteiger partial charge >= 0.3 is 0 Å². The molecular weight excluding hydrogens is 270 g/mol. The molecule has 0 aliphatic heterocycles. The Labute approximate surface area is 102 Å². The van der Waals surface area contributed by atoms with Crippen LogP contribution in [0.3, 0.4) is 0 Å². The Kier molecular flexibility index (Phi) is 3.28. The molecule has 5 heteroatoms. The molecule has 0 saturated carbocycles. The minimum Gasteiger partial charge on any atom is -0.372 e. The molecular formula is C11H14BrN3O. The Hall–Kier alpha value is -0.910. The van der Waals surface area contributed by atoms with Crippen LogP contribution in [0.5, 0.6) is 0 Å².